The van der Waals surface area contributed by atoms with E-state index in [0.717, 1.165) is 0 Å². The number of aliphatic hydroxyl groups excluding tert-OH is 1. The van der Waals surface area contributed by atoms with Crippen LogP contribution in [0, 0.1) is 41.7 Å². The Balaban J connectivity index is 0. The zero-order valence-corrected chi connectivity index (χ0v) is 7.62. The fourth-order valence-electron chi connectivity index (χ4n) is 0.209. The molecule has 0 aliphatic carbocycles. The molecule has 3 heteroatoms. The van der Waals surface area contributed by atoms with Crippen molar-refractivity contribution in [2.24, 2.45) is 0 Å². The van der Waals surface area contributed by atoms with E-state index in [2.05, 4.69) is 0 Å². The molecule has 2 nitrogen and oxygen atoms in total. The van der Waals surface area contributed by atoms with Gasteiger partial charge in [0.1, 0.15) is 0 Å². The summed E-state index contributed by atoms with van der Waals surface area (Å²) < 4.78 is 4.73. The molecule has 0 saturated heterocycles. The molecule has 0 amide bonds. The van der Waals surface area contributed by atoms with E-state index in [4.69, 9.17) is 9.84 Å². The minimum atomic E-state index is 0. The number of ether oxygens (including phenoxy) is 1. The summed E-state index contributed by atoms with van der Waals surface area (Å²) in [5, 5.41) is 8.07. The number of rotatable bonds is 3. The first kappa shape index (κ1) is 11.1. The molecule has 0 bridgehead atoms. The van der Waals surface area contributed by atoms with E-state index >= 15 is 0 Å². The van der Waals surface area contributed by atoms with Gasteiger partial charge < -0.3 is 9.84 Å². The molecule has 0 heterocycles. The monoisotopic (exact) mass is 230 g/mol. The average molecular weight is 230 g/mol. The van der Waals surface area contributed by atoms with E-state index < -0.39 is 0 Å². The minimum Gasteiger partial charge on any atom is -0.394 e. The van der Waals surface area contributed by atoms with Crippen LogP contribution in [-0.2, 0) is 4.74 Å². The van der Waals surface area contributed by atoms with Gasteiger partial charge in [-0.2, -0.15) is 0 Å². The third-order valence-corrected chi connectivity index (χ3v) is 0.440. The normalized spacial score (nSPS) is 7.71. The van der Waals surface area contributed by atoms with Crippen molar-refractivity contribution < 1.29 is 51.6 Å². The van der Waals surface area contributed by atoms with Crippen LogP contribution in [0.4, 0.5) is 0 Å². The maximum atomic E-state index is 8.07. The van der Waals surface area contributed by atoms with Crippen molar-refractivity contribution >= 4 is 0 Å². The Hall–Kier alpha value is 1.30. The second kappa shape index (κ2) is 10.3. The summed E-state index contributed by atoms with van der Waals surface area (Å²) in [6.45, 7) is 3.20. The Labute approximate surface area is 77.6 Å². The smallest absolute Gasteiger partial charge is 0.0697 e. The molecule has 7 heavy (non-hydrogen) atoms. The van der Waals surface area contributed by atoms with Crippen LogP contribution in [0.25, 0.3) is 0 Å². The summed E-state index contributed by atoms with van der Waals surface area (Å²) in [5.41, 5.74) is 0. The Bertz CT molecular complexity index is 21.7. The van der Waals surface area contributed by atoms with Crippen molar-refractivity contribution in [2.75, 3.05) is 19.8 Å². The Morgan fingerprint density at radius 2 is 2.14 bits per heavy atom. The largest absolute Gasteiger partial charge is 0.394 e. The SMILES string of the molecule is CCOCCO.[Ce]. The molecule has 0 unspecified atom stereocenters. The topological polar surface area (TPSA) is 29.5 Å². The Morgan fingerprint density at radius 1 is 1.57 bits per heavy atom. The van der Waals surface area contributed by atoms with Gasteiger partial charge in [0.2, 0.25) is 0 Å². The van der Waals surface area contributed by atoms with Crippen LogP contribution in [-0.4, -0.2) is 24.9 Å². The van der Waals surface area contributed by atoms with Gasteiger partial charge in [-0.05, 0) is 6.92 Å². The van der Waals surface area contributed by atoms with Crippen molar-refractivity contribution in [2.45, 2.75) is 6.92 Å². The van der Waals surface area contributed by atoms with Gasteiger partial charge in [-0.1, -0.05) is 0 Å². The van der Waals surface area contributed by atoms with E-state index in [1.807, 2.05) is 6.92 Å². The third-order valence-electron chi connectivity index (χ3n) is 0.440. The summed E-state index contributed by atoms with van der Waals surface area (Å²) in [7, 11) is 0. The quantitative estimate of drug-likeness (QED) is 0.692. The maximum Gasteiger partial charge on any atom is 0.0697 e. The summed E-state index contributed by atoms with van der Waals surface area (Å²) in [6.07, 6.45) is 0. The van der Waals surface area contributed by atoms with Crippen molar-refractivity contribution in [1.29, 1.82) is 0 Å². The van der Waals surface area contributed by atoms with Gasteiger partial charge in [0.05, 0.1) is 13.2 Å². The van der Waals surface area contributed by atoms with Crippen LogP contribution in [0.15, 0.2) is 0 Å². The predicted octanol–water partition coefficient (Wildman–Crippen LogP) is 0.0152. The third kappa shape index (κ3) is 11.1. The van der Waals surface area contributed by atoms with Crippen molar-refractivity contribution in [3.8, 4) is 0 Å². The first-order valence-electron chi connectivity index (χ1n) is 2.10. The molecule has 0 aromatic carbocycles. The molecule has 0 atom stereocenters. The zero-order chi connectivity index (χ0) is 4.83. The summed E-state index contributed by atoms with van der Waals surface area (Å²) in [5.74, 6) is 0. The van der Waals surface area contributed by atoms with E-state index in [9.17, 15) is 0 Å². The van der Waals surface area contributed by atoms with E-state index in [1.54, 1.807) is 0 Å². The van der Waals surface area contributed by atoms with Crippen molar-refractivity contribution in [3.05, 3.63) is 0 Å². The van der Waals surface area contributed by atoms with Crippen LogP contribution in [0.3, 0.4) is 0 Å². The van der Waals surface area contributed by atoms with E-state index in [-0.39, 0.29) is 48.4 Å². The second-order valence-electron chi connectivity index (χ2n) is 0.921. The number of hydrogen-bond acceptors (Lipinski definition) is 2. The van der Waals surface area contributed by atoms with Gasteiger partial charge in [0.25, 0.3) is 0 Å². The second-order valence-corrected chi connectivity index (χ2v) is 0.921. The number of hydrogen-bond donors (Lipinski definition) is 1. The molecule has 0 fully saturated rings. The Kier molecular flexibility index (Phi) is 16.4. The fourth-order valence-corrected chi connectivity index (χ4v) is 0.209. The van der Waals surface area contributed by atoms with Crippen LogP contribution in [0.5, 0.6) is 0 Å². The van der Waals surface area contributed by atoms with Crippen LogP contribution < -0.4 is 0 Å². The van der Waals surface area contributed by atoms with Gasteiger partial charge in [-0.3, -0.25) is 0 Å². The maximum absolute atomic E-state index is 8.07. The first-order chi connectivity index (χ1) is 2.91. The Morgan fingerprint density at radius 3 is 2.29 bits per heavy atom. The summed E-state index contributed by atoms with van der Waals surface area (Å²) in [4.78, 5) is 0. The van der Waals surface area contributed by atoms with Crippen molar-refractivity contribution in [3.63, 3.8) is 0 Å². The zero-order valence-electron chi connectivity index (χ0n) is 4.48. The van der Waals surface area contributed by atoms with Crippen molar-refractivity contribution in [1.82, 2.24) is 0 Å². The summed E-state index contributed by atoms with van der Waals surface area (Å²) in [6, 6.07) is 0. The molecule has 0 aliphatic rings. The van der Waals surface area contributed by atoms with Crippen LogP contribution in [0.1, 0.15) is 6.92 Å². The molecular weight excluding hydrogens is 220 g/mol. The molecule has 0 aromatic heterocycles. The van der Waals surface area contributed by atoms with Gasteiger partial charge in [-0.15, -0.1) is 0 Å². The summed E-state index contributed by atoms with van der Waals surface area (Å²) >= 11 is 0. The fraction of sp³-hybridized carbons (Fsp3) is 1.00. The van der Waals surface area contributed by atoms with E-state index in [1.165, 1.54) is 0 Å². The molecule has 1 N–H and O–H groups in total. The average Bonchev–Trinajstić information content (AvgIpc) is 1.61. The molecular formula is C4H10CeO2. The first-order valence-corrected chi connectivity index (χ1v) is 2.10. The molecule has 0 radical (unpaired) electrons. The van der Waals surface area contributed by atoms with Gasteiger partial charge in [0.15, 0.2) is 0 Å². The molecule has 0 rings (SSSR count). The predicted molar refractivity (Wildman–Crippen MR) is 23.6 cm³/mol. The van der Waals surface area contributed by atoms with E-state index in [0.29, 0.717) is 13.2 Å². The molecule has 0 spiro atoms. The standard InChI is InChI=1S/C4H10O2.Ce/c1-2-6-4-3-5;/h5H,2-4H2,1H3;. The van der Waals surface area contributed by atoms with Gasteiger partial charge >= 0.3 is 0 Å². The van der Waals surface area contributed by atoms with Crippen LogP contribution in [0.2, 0.25) is 0 Å². The molecule has 0 saturated carbocycles. The van der Waals surface area contributed by atoms with Gasteiger partial charge in [-0.25, -0.2) is 0 Å². The van der Waals surface area contributed by atoms with Crippen LogP contribution >= 0.6 is 0 Å². The molecule has 42 valence electrons. The minimum absolute atomic E-state index is 0. The molecule has 0 aliphatic heterocycles. The molecule has 0 aromatic rings. The number of aliphatic hydroxyl groups is 1. The van der Waals surface area contributed by atoms with Gasteiger partial charge in [0, 0.05) is 48.4 Å².